The molecule has 0 aromatic carbocycles. The second-order valence-electron chi connectivity index (χ2n) is 6.46. The van der Waals surface area contributed by atoms with E-state index in [-0.39, 0.29) is 37.6 Å². The van der Waals surface area contributed by atoms with Crippen LogP contribution in [0.15, 0.2) is 35.0 Å². The molecule has 0 aliphatic rings. The van der Waals surface area contributed by atoms with Gasteiger partial charge in [0.1, 0.15) is 19.8 Å². The number of carboxylic acids is 1. The number of carbonyl (C=O) groups is 3. The average molecular weight is 521 g/mol. The Hall–Kier alpha value is -2.19. The molecule has 1 unspecified atom stereocenters. The van der Waals surface area contributed by atoms with E-state index in [0.29, 0.717) is 6.61 Å². The lowest BCUT2D eigenvalue weighted by Gasteiger charge is -2.07. The number of ketones is 1. The van der Waals surface area contributed by atoms with Gasteiger partial charge in [-0.3, -0.25) is 9.59 Å². The van der Waals surface area contributed by atoms with Gasteiger partial charge in [-0.05, 0) is 22.9 Å². The van der Waals surface area contributed by atoms with Gasteiger partial charge >= 0.3 is 5.97 Å². The molecule has 10 nitrogen and oxygen atoms in total. The molecule has 3 N–H and O–H groups in total. The average Bonchev–Trinajstić information content (AvgIpc) is 3.50. The molecular formula is C22H36N2O8S2. The van der Waals surface area contributed by atoms with Gasteiger partial charge in [0.05, 0.1) is 17.5 Å². The molecule has 34 heavy (non-hydrogen) atoms. The van der Waals surface area contributed by atoms with Gasteiger partial charge in [0.15, 0.2) is 5.78 Å². The fraction of sp³-hybridized carbons (Fsp3) is 0.500. The molecule has 2 rings (SSSR count). The number of nitrogens with two attached hydrogens (primary N) is 1. The standard InChI is InChI=1S/C7H11NOS.C7H8O2S.C5H11NO2.C3H6O3/c2*1-9-5-6(8)7-3-2-4-10-7;1-6(2)5(7)4-8-3;1-6-2-3(4)5/h2-4,6H,5,8H2,1H3;2-4H,5H2,1H3;4H2,1-3H3;2H2,1H3,(H,4,5). The lowest BCUT2D eigenvalue weighted by molar-refractivity contribution is -0.141. The Labute approximate surface area is 209 Å². The topological polar surface area (TPSA) is 138 Å². The Morgan fingerprint density at radius 1 is 0.912 bits per heavy atom. The minimum atomic E-state index is -0.933. The highest BCUT2D eigenvalue weighted by molar-refractivity contribution is 7.12. The first-order chi connectivity index (χ1) is 16.1. The first-order valence-electron chi connectivity index (χ1n) is 9.87. The van der Waals surface area contributed by atoms with Crippen molar-refractivity contribution in [3.63, 3.8) is 0 Å². The van der Waals surface area contributed by atoms with Crippen LogP contribution in [-0.2, 0) is 28.5 Å². The third-order valence-electron chi connectivity index (χ3n) is 3.36. The van der Waals surface area contributed by atoms with Gasteiger partial charge in [-0.25, -0.2) is 4.79 Å². The Morgan fingerprint density at radius 3 is 1.79 bits per heavy atom. The lowest BCUT2D eigenvalue weighted by Crippen LogP contribution is -2.25. The highest BCUT2D eigenvalue weighted by atomic mass is 32.1. The Kier molecular flexibility index (Phi) is 22.6. The number of ether oxygens (including phenoxy) is 4. The Balaban J connectivity index is 0. The number of Topliss-reactive ketones (excluding diaryl/α,β-unsaturated/α-hetero) is 1. The first kappa shape index (κ1) is 34.0. The summed E-state index contributed by atoms with van der Waals surface area (Å²) in [4.78, 5) is 34.4. The van der Waals surface area contributed by atoms with Gasteiger partial charge in [0.25, 0.3) is 0 Å². The number of amides is 1. The lowest BCUT2D eigenvalue weighted by atomic mass is 10.3. The van der Waals surface area contributed by atoms with Gasteiger partial charge in [0, 0.05) is 47.4 Å². The molecule has 0 saturated carbocycles. The Morgan fingerprint density at radius 2 is 1.47 bits per heavy atom. The third kappa shape index (κ3) is 19.3. The molecule has 0 saturated heterocycles. The Bertz CT molecular complexity index is 753. The number of aliphatic carboxylic acids is 1. The molecule has 1 atom stereocenters. The summed E-state index contributed by atoms with van der Waals surface area (Å²) in [5.41, 5.74) is 5.74. The zero-order chi connectivity index (χ0) is 26.4. The summed E-state index contributed by atoms with van der Waals surface area (Å²) < 4.78 is 18.4. The molecule has 1 amide bonds. The number of nitrogens with zero attached hydrogens (tertiary/aromatic N) is 1. The van der Waals surface area contributed by atoms with Gasteiger partial charge < -0.3 is 34.7 Å². The molecule has 2 aromatic heterocycles. The normalized spacial score (nSPS) is 10.3. The van der Waals surface area contributed by atoms with E-state index in [9.17, 15) is 14.4 Å². The van der Waals surface area contributed by atoms with Crippen molar-refractivity contribution in [3.8, 4) is 0 Å². The molecular weight excluding hydrogens is 484 g/mol. The predicted molar refractivity (Wildman–Crippen MR) is 134 cm³/mol. The summed E-state index contributed by atoms with van der Waals surface area (Å²) in [7, 11) is 9.41. The van der Waals surface area contributed by atoms with Crippen LogP contribution in [0, 0.1) is 0 Å². The summed E-state index contributed by atoms with van der Waals surface area (Å²) in [6, 6.07) is 7.72. The predicted octanol–water partition coefficient (Wildman–Crippen LogP) is 2.41. The quantitative estimate of drug-likeness (QED) is 0.452. The van der Waals surface area contributed by atoms with Crippen LogP contribution in [0.2, 0.25) is 0 Å². The van der Waals surface area contributed by atoms with Crippen molar-refractivity contribution in [2.24, 2.45) is 5.73 Å². The van der Waals surface area contributed by atoms with Crippen molar-refractivity contribution in [2.75, 3.05) is 69.0 Å². The van der Waals surface area contributed by atoms with E-state index in [4.69, 9.17) is 15.6 Å². The summed E-state index contributed by atoms with van der Waals surface area (Å²) >= 11 is 3.11. The zero-order valence-corrected chi connectivity index (χ0v) is 22.1. The van der Waals surface area contributed by atoms with E-state index >= 15 is 0 Å². The van der Waals surface area contributed by atoms with Crippen molar-refractivity contribution in [3.05, 3.63) is 44.8 Å². The third-order valence-corrected chi connectivity index (χ3v) is 5.28. The molecule has 194 valence electrons. The minimum absolute atomic E-state index is 0.00694. The molecule has 0 aliphatic carbocycles. The van der Waals surface area contributed by atoms with Gasteiger partial charge in [0.2, 0.25) is 5.91 Å². The number of carbonyl (C=O) groups excluding carboxylic acids is 2. The molecule has 2 aromatic rings. The summed E-state index contributed by atoms with van der Waals surface area (Å²) in [5.74, 6) is -0.887. The highest BCUT2D eigenvalue weighted by Gasteiger charge is 2.05. The number of methoxy groups -OCH3 is 4. The maximum atomic E-state index is 11.0. The van der Waals surface area contributed by atoms with E-state index < -0.39 is 5.97 Å². The number of hydrogen-bond acceptors (Lipinski definition) is 10. The molecule has 0 radical (unpaired) electrons. The van der Waals surface area contributed by atoms with Crippen LogP contribution in [0.4, 0.5) is 0 Å². The molecule has 0 aliphatic heterocycles. The van der Waals surface area contributed by atoms with Crippen LogP contribution in [0.1, 0.15) is 20.6 Å². The number of thiophene rings is 2. The van der Waals surface area contributed by atoms with Crippen LogP contribution in [-0.4, -0.2) is 96.6 Å². The van der Waals surface area contributed by atoms with Crippen LogP contribution in [0.5, 0.6) is 0 Å². The monoisotopic (exact) mass is 520 g/mol. The van der Waals surface area contributed by atoms with Crippen molar-refractivity contribution >= 4 is 40.3 Å². The van der Waals surface area contributed by atoms with E-state index in [1.54, 1.807) is 38.6 Å². The number of likely N-dealkylation sites (N-methyl/N-ethyl adjacent to an activating group) is 1. The molecule has 0 bridgehead atoms. The van der Waals surface area contributed by atoms with Crippen LogP contribution in [0.25, 0.3) is 0 Å². The van der Waals surface area contributed by atoms with Crippen molar-refractivity contribution in [2.45, 2.75) is 6.04 Å². The van der Waals surface area contributed by atoms with Crippen LogP contribution >= 0.6 is 22.7 Å². The number of hydrogen-bond donors (Lipinski definition) is 2. The largest absolute Gasteiger partial charge is 0.480 e. The van der Waals surface area contributed by atoms with Gasteiger partial charge in [-0.2, -0.15) is 0 Å². The second-order valence-corrected chi connectivity index (χ2v) is 8.39. The van der Waals surface area contributed by atoms with Crippen molar-refractivity contribution < 1.29 is 38.4 Å². The zero-order valence-electron chi connectivity index (χ0n) is 20.5. The molecule has 12 heteroatoms. The van der Waals surface area contributed by atoms with E-state index in [2.05, 4.69) is 14.2 Å². The summed E-state index contributed by atoms with van der Waals surface area (Å²) in [6.07, 6.45) is 0. The smallest absolute Gasteiger partial charge is 0.329 e. The maximum absolute atomic E-state index is 11.0. The highest BCUT2D eigenvalue weighted by Crippen LogP contribution is 2.16. The van der Waals surface area contributed by atoms with Crippen LogP contribution in [0.3, 0.4) is 0 Å². The minimum Gasteiger partial charge on any atom is -0.480 e. The number of rotatable bonds is 10. The SMILES string of the molecule is COCC(=O)N(C)C.COCC(=O)O.COCC(=O)c1cccs1.COCC(N)c1cccs1. The van der Waals surface area contributed by atoms with E-state index in [1.165, 1.54) is 42.4 Å². The van der Waals surface area contributed by atoms with E-state index in [1.807, 2.05) is 29.0 Å². The molecule has 0 spiro atoms. The van der Waals surface area contributed by atoms with E-state index in [0.717, 1.165) is 4.88 Å². The fourth-order valence-corrected chi connectivity index (χ4v) is 3.14. The molecule has 2 heterocycles. The fourth-order valence-electron chi connectivity index (χ4n) is 1.78. The van der Waals surface area contributed by atoms with Gasteiger partial charge in [-0.1, -0.05) is 12.1 Å². The number of carboxylic acid groups (broad SMARTS) is 1. The summed E-state index contributed by atoms with van der Waals surface area (Å²) in [5, 5.41) is 11.7. The van der Waals surface area contributed by atoms with Crippen LogP contribution < -0.4 is 5.73 Å². The maximum Gasteiger partial charge on any atom is 0.329 e. The molecule has 0 fully saturated rings. The van der Waals surface area contributed by atoms with Crippen molar-refractivity contribution in [1.82, 2.24) is 4.90 Å². The van der Waals surface area contributed by atoms with Gasteiger partial charge in [-0.15, -0.1) is 22.7 Å². The van der Waals surface area contributed by atoms with Crippen molar-refractivity contribution in [1.29, 1.82) is 0 Å². The second kappa shape index (κ2) is 22.6. The summed E-state index contributed by atoms with van der Waals surface area (Å²) in [6.45, 7) is 0.744. The first-order valence-corrected chi connectivity index (χ1v) is 11.6.